The van der Waals surface area contributed by atoms with Crippen LogP contribution in [0.1, 0.15) is 12.5 Å². The molecule has 20 heavy (non-hydrogen) atoms. The average molecular weight is 264 g/mol. The normalized spacial score (nSPS) is 10.4. The van der Waals surface area contributed by atoms with Gasteiger partial charge < -0.3 is 4.74 Å². The van der Waals surface area contributed by atoms with Crippen LogP contribution < -0.4 is 4.74 Å². The van der Waals surface area contributed by atoms with Crippen LogP contribution >= 0.6 is 0 Å². The Morgan fingerprint density at radius 2 is 2.15 bits per heavy atom. The zero-order valence-corrected chi connectivity index (χ0v) is 10.9. The van der Waals surface area contributed by atoms with Crippen LogP contribution in [0.15, 0.2) is 42.9 Å². The van der Waals surface area contributed by atoms with E-state index in [4.69, 9.17) is 4.74 Å². The molecule has 0 aliphatic rings. The lowest BCUT2D eigenvalue weighted by atomic mass is 10.1. The van der Waals surface area contributed by atoms with Crippen LogP contribution in [-0.4, -0.2) is 14.8 Å². The fraction of sp³-hybridized carbons (Fsp3) is 0.133. The Morgan fingerprint density at radius 3 is 2.90 bits per heavy atom. The number of nitrogens with zero attached hydrogens (tertiary/aromatic N) is 4. The standard InChI is InChI=1S/C15H12N4O/c1-2-19-10-12(9-18-19)20-15-11(7-16)8-17-14-6-4-3-5-13(14)15/h3-6,8-10H,2H2,1H3. The number of para-hydroxylation sites is 1. The summed E-state index contributed by atoms with van der Waals surface area (Å²) in [5.74, 6) is 1.13. The van der Waals surface area contributed by atoms with E-state index in [0.29, 0.717) is 17.1 Å². The number of nitriles is 1. The molecule has 0 aliphatic heterocycles. The van der Waals surface area contributed by atoms with E-state index in [0.717, 1.165) is 17.4 Å². The first-order valence-electron chi connectivity index (χ1n) is 6.30. The second-order valence-corrected chi connectivity index (χ2v) is 4.26. The van der Waals surface area contributed by atoms with Crippen molar-refractivity contribution in [3.8, 4) is 17.6 Å². The van der Waals surface area contributed by atoms with Gasteiger partial charge in [0.15, 0.2) is 11.5 Å². The number of fused-ring (bicyclic) bond motifs is 1. The lowest BCUT2D eigenvalue weighted by Crippen LogP contribution is -1.93. The van der Waals surface area contributed by atoms with Crippen LogP contribution in [0.4, 0.5) is 0 Å². The molecule has 3 rings (SSSR count). The first kappa shape index (κ1) is 12.2. The molecular weight excluding hydrogens is 252 g/mol. The third-order valence-electron chi connectivity index (χ3n) is 3.00. The Morgan fingerprint density at radius 1 is 1.30 bits per heavy atom. The minimum atomic E-state index is 0.410. The number of ether oxygens (including phenoxy) is 1. The van der Waals surface area contributed by atoms with Crippen LogP contribution in [0.5, 0.6) is 11.5 Å². The number of hydrogen-bond donors (Lipinski definition) is 0. The fourth-order valence-corrected chi connectivity index (χ4v) is 1.99. The predicted molar refractivity (Wildman–Crippen MR) is 74.4 cm³/mol. The Labute approximate surface area is 116 Å². The molecule has 0 radical (unpaired) electrons. The van der Waals surface area contributed by atoms with Gasteiger partial charge in [0.1, 0.15) is 11.6 Å². The van der Waals surface area contributed by atoms with Gasteiger partial charge in [0.25, 0.3) is 0 Å². The molecule has 0 saturated carbocycles. The molecule has 5 heteroatoms. The highest BCUT2D eigenvalue weighted by Crippen LogP contribution is 2.31. The van der Waals surface area contributed by atoms with Crippen molar-refractivity contribution in [2.24, 2.45) is 0 Å². The summed E-state index contributed by atoms with van der Waals surface area (Å²) in [4.78, 5) is 4.25. The maximum atomic E-state index is 9.22. The molecule has 0 spiro atoms. The lowest BCUT2D eigenvalue weighted by Gasteiger charge is -2.08. The summed E-state index contributed by atoms with van der Waals surface area (Å²) in [5, 5.41) is 14.2. The number of hydrogen-bond acceptors (Lipinski definition) is 4. The molecule has 98 valence electrons. The SMILES string of the molecule is CCn1cc(Oc2c(C#N)cnc3ccccc23)cn1. The topological polar surface area (TPSA) is 63.7 Å². The van der Waals surface area contributed by atoms with Crippen molar-refractivity contribution in [2.45, 2.75) is 13.5 Å². The largest absolute Gasteiger partial charge is 0.452 e. The van der Waals surface area contributed by atoms with Crippen molar-refractivity contribution in [2.75, 3.05) is 0 Å². The number of pyridine rings is 1. The molecule has 0 amide bonds. The maximum absolute atomic E-state index is 9.22. The molecule has 0 aliphatic carbocycles. The van der Waals surface area contributed by atoms with Gasteiger partial charge >= 0.3 is 0 Å². The second-order valence-electron chi connectivity index (χ2n) is 4.26. The third-order valence-corrected chi connectivity index (χ3v) is 3.00. The van der Waals surface area contributed by atoms with Crippen molar-refractivity contribution in [1.29, 1.82) is 5.26 Å². The first-order valence-corrected chi connectivity index (χ1v) is 6.30. The Balaban J connectivity index is 2.11. The van der Waals surface area contributed by atoms with Crippen LogP contribution in [0.3, 0.4) is 0 Å². The maximum Gasteiger partial charge on any atom is 0.165 e. The summed E-state index contributed by atoms with van der Waals surface area (Å²) in [6.45, 7) is 2.77. The molecule has 0 bridgehead atoms. The number of rotatable bonds is 3. The Hall–Kier alpha value is -2.87. The minimum Gasteiger partial charge on any atom is -0.452 e. The minimum absolute atomic E-state index is 0.410. The molecule has 0 atom stereocenters. The zero-order chi connectivity index (χ0) is 13.9. The quantitative estimate of drug-likeness (QED) is 0.729. The first-order chi connectivity index (χ1) is 9.81. The summed E-state index contributed by atoms with van der Waals surface area (Å²) in [7, 11) is 0. The van der Waals surface area contributed by atoms with E-state index in [1.54, 1.807) is 17.1 Å². The highest BCUT2D eigenvalue weighted by molar-refractivity contribution is 5.87. The average Bonchev–Trinajstić information content (AvgIpc) is 2.95. The molecule has 0 saturated heterocycles. The monoisotopic (exact) mass is 264 g/mol. The van der Waals surface area contributed by atoms with Crippen LogP contribution in [0, 0.1) is 11.3 Å². The van der Waals surface area contributed by atoms with Crippen molar-refractivity contribution >= 4 is 10.9 Å². The predicted octanol–water partition coefficient (Wildman–Crippen LogP) is 3.12. The molecular formula is C15H12N4O. The van der Waals surface area contributed by atoms with Crippen LogP contribution in [0.2, 0.25) is 0 Å². The van der Waals surface area contributed by atoms with E-state index in [1.165, 1.54) is 6.20 Å². The summed E-state index contributed by atoms with van der Waals surface area (Å²) < 4.78 is 7.62. The number of benzene rings is 1. The van der Waals surface area contributed by atoms with Crippen molar-refractivity contribution in [3.63, 3.8) is 0 Å². The molecule has 1 aromatic carbocycles. The lowest BCUT2D eigenvalue weighted by molar-refractivity contribution is 0.485. The van der Waals surface area contributed by atoms with Gasteiger partial charge in [0.05, 0.1) is 17.9 Å². The molecule has 3 aromatic rings. The van der Waals surface area contributed by atoms with Crippen molar-refractivity contribution in [3.05, 3.63) is 48.4 Å². The smallest absolute Gasteiger partial charge is 0.165 e. The van der Waals surface area contributed by atoms with E-state index < -0.39 is 0 Å². The molecule has 2 heterocycles. The molecule has 0 fully saturated rings. The molecule has 0 unspecified atom stereocenters. The highest BCUT2D eigenvalue weighted by atomic mass is 16.5. The molecule has 2 aromatic heterocycles. The van der Waals surface area contributed by atoms with Gasteiger partial charge in [-0.3, -0.25) is 9.67 Å². The van der Waals surface area contributed by atoms with Crippen LogP contribution in [-0.2, 0) is 6.54 Å². The zero-order valence-electron chi connectivity index (χ0n) is 10.9. The van der Waals surface area contributed by atoms with E-state index in [1.807, 2.05) is 31.2 Å². The number of aryl methyl sites for hydroxylation is 1. The Kier molecular flexibility index (Phi) is 3.05. The van der Waals surface area contributed by atoms with Gasteiger partial charge in [-0.2, -0.15) is 10.4 Å². The van der Waals surface area contributed by atoms with Gasteiger partial charge in [-0.15, -0.1) is 0 Å². The van der Waals surface area contributed by atoms with Crippen LogP contribution in [0.25, 0.3) is 10.9 Å². The van der Waals surface area contributed by atoms with Crippen molar-refractivity contribution in [1.82, 2.24) is 14.8 Å². The Bertz CT molecular complexity index is 801. The van der Waals surface area contributed by atoms with Gasteiger partial charge in [0.2, 0.25) is 0 Å². The van der Waals surface area contributed by atoms with E-state index in [9.17, 15) is 5.26 Å². The van der Waals surface area contributed by atoms with Gasteiger partial charge in [-0.1, -0.05) is 12.1 Å². The third kappa shape index (κ3) is 2.08. The molecule has 0 N–H and O–H groups in total. The summed E-state index contributed by atoms with van der Waals surface area (Å²) >= 11 is 0. The van der Waals surface area contributed by atoms with Crippen molar-refractivity contribution < 1.29 is 4.74 Å². The fourth-order valence-electron chi connectivity index (χ4n) is 1.99. The summed E-state index contributed by atoms with van der Waals surface area (Å²) in [6.07, 6.45) is 4.97. The van der Waals surface area contributed by atoms with E-state index in [-0.39, 0.29) is 0 Å². The molecule has 5 nitrogen and oxygen atoms in total. The van der Waals surface area contributed by atoms with E-state index >= 15 is 0 Å². The summed E-state index contributed by atoms with van der Waals surface area (Å²) in [6, 6.07) is 9.69. The van der Waals surface area contributed by atoms with Gasteiger partial charge in [-0.25, -0.2) is 0 Å². The second kappa shape index (κ2) is 5.02. The van der Waals surface area contributed by atoms with Gasteiger partial charge in [0, 0.05) is 18.1 Å². The van der Waals surface area contributed by atoms with Gasteiger partial charge in [-0.05, 0) is 19.1 Å². The summed E-state index contributed by atoms with van der Waals surface area (Å²) in [5.41, 5.74) is 1.21. The number of aromatic nitrogens is 3. The highest BCUT2D eigenvalue weighted by Gasteiger charge is 2.11. The van der Waals surface area contributed by atoms with E-state index in [2.05, 4.69) is 16.2 Å².